The summed E-state index contributed by atoms with van der Waals surface area (Å²) in [5.41, 5.74) is 7.85. The Morgan fingerprint density at radius 3 is 2.83 bits per heavy atom. The van der Waals surface area contributed by atoms with E-state index in [9.17, 15) is 4.79 Å². The molecule has 0 bridgehead atoms. The van der Waals surface area contributed by atoms with Crippen molar-refractivity contribution >= 4 is 45.1 Å². The fourth-order valence-corrected chi connectivity index (χ4v) is 5.22. The third kappa shape index (κ3) is 3.37. The predicted molar refractivity (Wildman–Crippen MR) is 99.5 cm³/mol. The Bertz CT molecular complexity index is 780. The summed E-state index contributed by atoms with van der Waals surface area (Å²) in [6, 6.07) is 0. The largest absolute Gasteiger partial charge is 0.468 e. The van der Waals surface area contributed by atoms with Gasteiger partial charge in [0.1, 0.15) is 10.6 Å². The molecule has 0 unspecified atom stereocenters. The molecular weight excluding hydrogens is 342 g/mol. The number of hydrogen-bond acceptors (Lipinski definition) is 7. The van der Waals surface area contributed by atoms with E-state index >= 15 is 0 Å². The van der Waals surface area contributed by atoms with Crippen LogP contribution in [0.25, 0.3) is 10.2 Å². The summed E-state index contributed by atoms with van der Waals surface area (Å²) in [5.74, 6) is 1.11. The van der Waals surface area contributed by atoms with Gasteiger partial charge in [-0.2, -0.15) is 0 Å². The Hall–Kier alpha value is -1.34. The van der Waals surface area contributed by atoms with Crippen LogP contribution >= 0.6 is 23.1 Å². The molecule has 2 heterocycles. The number of esters is 1. The number of carbonyl (C=O) groups is 1. The van der Waals surface area contributed by atoms with Gasteiger partial charge in [0, 0.05) is 4.88 Å². The lowest BCUT2D eigenvalue weighted by Gasteiger charge is -2.33. The number of aryl methyl sites for hydroxylation is 1. The van der Waals surface area contributed by atoms with Crippen LogP contribution in [0.15, 0.2) is 5.16 Å². The molecule has 5 nitrogen and oxygen atoms in total. The van der Waals surface area contributed by atoms with Crippen molar-refractivity contribution in [1.29, 1.82) is 0 Å². The molecule has 2 aromatic rings. The standard InChI is InChI=1S/C17H23N3O2S2/c1-17(2,3)9-5-6-10-11(7-9)24-15-13(10)14(18)19-16(20-15)23-8-12(21)22-4/h9H,5-8H2,1-4H3,(H2,18,19,20)/t9-/m0/s1. The fraction of sp³-hybridized carbons (Fsp3) is 0.588. The highest BCUT2D eigenvalue weighted by molar-refractivity contribution is 7.99. The van der Waals surface area contributed by atoms with Crippen molar-refractivity contribution in [2.45, 2.75) is 45.2 Å². The summed E-state index contributed by atoms with van der Waals surface area (Å²) >= 11 is 2.99. The van der Waals surface area contributed by atoms with E-state index in [1.54, 1.807) is 11.3 Å². The van der Waals surface area contributed by atoms with Gasteiger partial charge in [-0.25, -0.2) is 9.97 Å². The van der Waals surface area contributed by atoms with Crippen molar-refractivity contribution in [3.05, 3.63) is 10.4 Å². The van der Waals surface area contributed by atoms with Crippen molar-refractivity contribution in [1.82, 2.24) is 9.97 Å². The molecule has 24 heavy (non-hydrogen) atoms. The lowest BCUT2D eigenvalue weighted by Crippen LogP contribution is -2.26. The average molecular weight is 366 g/mol. The molecule has 130 valence electrons. The van der Waals surface area contributed by atoms with E-state index < -0.39 is 0 Å². The Morgan fingerprint density at radius 1 is 1.42 bits per heavy atom. The molecule has 3 rings (SSSR count). The van der Waals surface area contributed by atoms with Crippen molar-refractivity contribution in [2.75, 3.05) is 18.6 Å². The van der Waals surface area contributed by atoms with Crippen molar-refractivity contribution in [2.24, 2.45) is 11.3 Å². The number of methoxy groups -OCH3 is 1. The molecule has 2 aromatic heterocycles. The van der Waals surface area contributed by atoms with Crippen LogP contribution in [0, 0.1) is 11.3 Å². The number of aromatic nitrogens is 2. The first-order valence-corrected chi connectivity index (χ1v) is 9.87. The van der Waals surface area contributed by atoms with E-state index in [4.69, 9.17) is 5.73 Å². The van der Waals surface area contributed by atoms with Crippen LogP contribution in [0.1, 0.15) is 37.6 Å². The van der Waals surface area contributed by atoms with Gasteiger partial charge in [0.05, 0.1) is 18.2 Å². The molecule has 0 saturated heterocycles. The molecule has 0 aromatic carbocycles. The third-order valence-electron chi connectivity index (χ3n) is 4.69. The maximum absolute atomic E-state index is 11.3. The second kappa shape index (κ2) is 6.52. The normalized spacial score (nSPS) is 17.8. The van der Waals surface area contributed by atoms with E-state index in [0.29, 0.717) is 22.3 Å². The molecule has 0 spiro atoms. The van der Waals surface area contributed by atoms with Crippen LogP contribution in [0.3, 0.4) is 0 Å². The van der Waals surface area contributed by atoms with Crippen LogP contribution in [0.5, 0.6) is 0 Å². The first-order valence-electron chi connectivity index (χ1n) is 8.07. The Kier molecular flexibility index (Phi) is 4.75. The number of anilines is 1. The topological polar surface area (TPSA) is 78.1 Å². The summed E-state index contributed by atoms with van der Waals surface area (Å²) in [7, 11) is 1.38. The summed E-state index contributed by atoms with van der Waals surface area (Å²) in [6.07, 6.45) is 3.31. The maximum Gasteiger partial charge on any atom is 0.316 e. The second-order valence-electron chi connectivity index (χ2n) is 7.25. The van der Waals surface area contributed by atoms with Crippen LogP contribution in [0.4, 0.5) is 5.82 Å². The molecule has 1 aliphatic rings. The SMILES string of the molecule is COC(=O)CSc1nc(N)c2c3c(sc2n1)C[C@@H](C(C)(C)C)CC3. The van der Waals surface area contributed by atoms with Crippen molar-refractivity contribution in [3.8, 4) is 0 Å². The van der Waals surface area contributed by atoms with Gasteiger partial charge in [-0.1, -0.05) is 32.5 Å². The van der Waals surface area contributed by atoms with Crippen LogP contribution in [-0.2, 0) is 22.4 Å². The number of fused-ring (bicyclic) bond motifs is 3. The minimum absolute atomic E-state index is 0.193. The maximum atomic E-state index is 11.3. The number of thiophene rings is 1. The monoisotopic (exact) mass is 365 g/mol. The number of carbonyl (C=O) groups excluding carboxylic acids is 1. The number of nitrogens with zero attached hydrogens (tertiary/aromatic N) is 2. The molecular formula is C17H23N3O2S2. The van der Waals surface area contributed by atoms with Crippen LogP contribution in [0.2, 0.25) is 0 Å². The zero-order valence-electron chi connectivity index (χ0n) is 14.5. The Balaban J connectivity index is 1.92. The number of hydrogen-bond donors (Lipinski definition) is 1. The molecule has 0 amide bonds. The summed E-state index contributed by atoms with van der Waals surface area (Å²) in [5, 5.41) is 1.56. The Labute approximate surface area is 150 Å². The molecule has 0 radical (unpaired) electrons. The molecule has 0 aliphatic heterocycles. The van der Waals surface area contributed by atoms with Gasteiger partial charge in [0.25, 0.3) is 0 Å². The molecule has 7 heteroatoms. The first kappa shape index (κ1) is 17.5. The van der Waals surface area contributed by atoms with Gasteiger partial charge in [-0.05, 0) is 36.2 Å². The summed E-state index contributed by atoms with van der Waals surface area (Å²) in [6.45, 7) is 6.93. The Morgan fingerprint density at radius 2 is 2.17 bits per heavy atom. The van der Waals surface area contributed by atoms with E-state index in [2.05, 4.69) is 35.5 Å². The molecule has 0 saturated carbocycles. The lowest BCUT2D eigenvalue weighted by molar-refractivity contribution is -0.137. The van der Waals surface area contributed by atoms with Gasteiger partial charge in [0.15, 0.2) is 5.16 Å². The summed E-state index contributed by atoms with van der Waals surface area (Å²) in [4.78, 5) is 22.6. The highest BCUT2D eigenvalue weighted by Gasteiger charge is 2.31. The zero-order chi connectivity index (χ0) is 17.5. The number of ether oxygens (including phenoxy) is 1. The lowest BCUT2D eigenvalue weighted by atomic mass is 9.72. The zero-order valence-corrected chi connectivity index (χ0v) is 16.1. The van der Waals surface area contributed by atoms with E-state index in [-0.39, 0.29) is 11.7 Å². The van der Waals surface area contributed by atoms with E-state index in [0.717, 1.165) is 23.1 Å². The van der Waals surface area contributed by atoms with Gasteiger partial charge >= 0.3 is 5.97 Å². The molecule has 1 atom stereocenters. The minimum Gasteiger partial charge on any atom is -0.468 e. The van der Waals surface area contributed by atoms with Crippen molar-refractivity contribution in [3.63, 3.8) is 0 Å². The minimum atomic E-state index is -0.291. The number of rotatable bonds is 3. The van der Waals surface area contributed by atoms with Crippen LogP contribution < -0.4 is 5.73 Å². The molecule has 2 N–H and O–H groups in total. The predicted octanol–water partition coefficient (Wildman–Crippen LogP) is 3.69. The first-order chi connectivity index (χ1) is 11.3. The third-order valence-corrected chi connectivity index (χ3v) is 6.66. The van der Waals surface area contributed by atoms with E-state index in [1.807, 2.05) is 0 Å². The highest BCUT2D eigenvalue weighted by atomic mass is 32.2. The molecule has 1 aliphatic carbocycles. The smallest absolute Gasteiger partial charge is 0.316 e. The van der Waals surface area contributed by atoms with Crippen molar-refractivity contribution < 1.29 is 9.53 Å². The number of nitrogen functional groups attached to an aromatic ring is 1. The second-order valence-corrected chi connectivity index (χ2v) is 9.27. The number of nitrogens with two attached hydrogens (primary N) is 1. The molecule has 0 fully saturated rings. The van der Waals surface area contributed by atoms with Crippen LogP contribution in [-0.4, -0.2) is 28.8 Å². The van der Waals surface area contributed by atoms with Gasteiger partial charge in [-0.3, -0.25) is 4.79 Å². The highest BCUT2D eigenvalue weighted by Crippen LogP contribution is 2.44. The van der Waals surface area contributed by atoms with Gasteiger partial charge in [0.2, 0.25) is 0 Å². The fourth-order valence-electron chi connectivity index (χ4n) is 3.17. The van der Waals surface area contributed by atoms with Gasteiger partial charge in [-0.15, -0.1) is 11.3 Å². The number of thioether (sulfide) groups is 1. The summed E-state index contributed by atoms with van der Waals surface area (Å²) < 4.78 is 4.66. The van der Waals surface area contributed by atoms with Gasteiger partial charge < -0.3 is 10.5 Å². The quantitative estimate of drug-likeness (QED) is 0.508. The average Bonchev–Trinajstić information content (AvgIpc) is 2.89. The van der Waals surface area contributed by atoms with E-state index in [1.165, 1.54) is 35.7 Å².